The van der Waals surface area contributed by atoms with Crippen LogP contribution in [0, 0.1) is 0 Å². The van der Waals surface area contributed by atoms with Crippen molar-refractivity contribution >= 4 is 17.9 Å². The van der Waals surface area contributed by atoms with Crippen LogP contribution >= 0.6 is 0 Å². The monoisotopic (exact) mass is 409 g/mol. The quantitative estimate of drug-likeness (QED) is 0.680. The zero-order valence-corrected chi connectivity index (χ0v) is 17.8. The molecule has 0 saturated carbocycles. The van der Waals surface area contributed by atoms with Gasteiger partial charge in [0.2, 0.25) is 11.8 Å². The van der Waals surface area contributed by atoms with Gasteiger partial charge in [0, 0.05) is 51.8 Å². The summed E-state index contributed by atoms with van der Waals surface area (Å²) in [5.41, 5.74) is 2.67. The topological polar surface area (TPSA) is 65.8 Å². The molecule has 0 aliphatic carbocycles. The number of furan rings is 1. The van der Waals surface area contributed by atoms with E-state index in [2.05, 4.69) is 48.3 Å². The van der Waals surface area contributed by atoms with Crippen LogP contribution in [0.2, 0.25) is 0 Å². The van der Waals surface area contributed by atoms with Gasteiger partial charge in [-0.05, 0) is 35.3 Å². The number of carbonyl (C=O) groups excluding carboxylic acids is 2. The summed E-state index contributed by atoms with van der Waals surface area (Å²) >= 11 is 0. The molecule has 1 saturated heterocycles. The lowest BCUT2D eigenvalue weighted by molar-refractivity contribution is -0.132. The fourth-order valence-corrected chi connectivity index (χ4v) is 3.48. The Balaban J connectivity index is 1.34. The number of benzene rings is 1. The Morgan fingerprint density at radius 2 is 1.83 bits per heavy atom. The summed E-state index contributed by atoms with van der Waals surface area (Å²) in [4.78, 5) is 28.5. The van der Waals surface area contributed by atoms with Gasteiger partial charge >= 0.3 is 0 Å². The third-order valence-electron chi connectivity index (χ3n) is 5.36. The molecular weight excluding hydrogens is 378 g/mol. The molecule has 30 heavy (non-hydrogen) atoms. The molecule has 1 fully saturated rings. The maximum absolute atomic E-state index is 12.4. The van der Waals surface area contributed by atoms with Gasteiger partial charge in [-0.1, -0.05) is 38.1 Å². The van der Waals surface area contributed by atoms with Gasteiger partial charge in [0.05, 0.1) is 6.26 Å². The summed E-state index contributed by atoms with van der Waals surface area (Å²) < 4.78 is 5.13. The van der Waals surface area contributed by atoms with Crippen LogP contribution in [0.5, 0.6) is 0 Å². The highest BCUT2D eigenvalue weighted by atomic mass is 16.3. The molecule has 0 bridgehead atoms. The molecule has 2 amide bonds. The van der Waals surface area contributed by atoms with Gasteiger partial charge in [0.25, 0.3) is 0 Å². The second-order valence-corrected chi connectivity index (χ2v) is 7.94. The van der Waals surface area contributed by atoms with Crippen molar-refractivity contribution in [1.82, 2.24) is 15.1 Å². The summed E-state index contributed by atoms with van der Waals surface area (Å²) in [5, 5.41) is 2.74. The highest BCUT2D eigenvalue weighted by Crippen LogP contribution is 2.16. The Kier molecular flexibility index (Phi) is 7.85. The van der Waals surface area contributed by atoms with Crippen molar-refractivity contribution in [1.29, 1.82) is 0 Å². The average molecular weight is 410 g/mol. The summed E-state index contributed by atoms with van der Waals surface area (Å²) in [6.45, 7) is 8.86. The maximum atomic E-state index is 12.4. The summed E-state index contributed by atoms with van der Waals surface area (Å²) in [6.07, 6.45) is 4.89. The third kappa shape index (κ3) is 6.59. The molecule has 0 radical (unpaired) electrons. The number of nitrogens with zero attached hydrogens (tertiary/aromatic N) is 2. The molecule has 160 valence electrons. The van der Waals surface area contributed by atoms with E-state index in [-0.39, 0.29) is 11.8 Å². The second-order valence-electron chi connectivity index (χ2n) is 7.94. The Labute approximate surface area is 178 Å². The van der Waals surface area contributed by atoms with Crippen LogP contribution in [-0.4, -0.2) is 54.3 Å². The molecule has 1 aliphatic rings. The second kappa shape index (κ2) is 10.8. The van der Waals surface area contributed by atoms with Crippen molar-refractivity contribution in [3.63, 3.8) is 0 Å². The minimum atomic E-state index is -0.229. The van der Waals surface area contributed by atoms with Crippen LogP contribution in [0.3, 0.4) is 0 Å². The van der Waals surface area contributed by atoms with E-state index in [1.165, 1.54) is 17.2 Å². The van der Waals surface area contributed by atoms with E-state index < -0.39 is 0 Å². The van der Waals surface area contributed by atoms with E-state index in [1.807, 2.05) is 4.90 Å². The summed E-state index contributed by atoms with van der Waals surface area (Å²) in [7, 11) is 0. The molecule has 1 aromatic carbocycles. The Morgan fingerprint density at radius 3 is 2.47 bits per heavy atom. The minimum absolute atomic E-state index is 0.0891. The first-order chi connectivity index (χ1) is 14.5. The minimum Gasteiger partial charge on any atom is -0.465 e. The van der Waals surface area contributed by atoms with Crippen LogP contribution < -0.4 is 5.32 Å². The van der Waals surface area contributed by atoms with Crippen molar-refractivity contribution in [3.05, 3.63) is 65.6 Å². The van der Waals surface area contributed by atoms with Crippen LogP contribution in [0.1, 0.15) is 43.1 Å². The zero-order valence-electron chi connectivity index (χ0n) is 17.8. The number of piperazine rings is 1. The molecule has 3 rings (SSSR count). The van der Waals surface area contributed by atoms with E-state index in [0.29, 0.717) is 24.6 Å². The lowest BCUT2D eigenvalue weighted by Gasteiger charge is -2.35. The highest BCUT2D eigenvalue weighted by molar-refractivity contribution is 5.91. The molecule has 1 aliphatic heterocycles. The first kappa shape index (κ1) is 21.8. The molecule has 0 unspecified atom stereocenters. The van der Waals surface area contributed by atoms with Gasteiger partial charge in [-0.3, -0.25) is 14.5 Å². The normalized spacial score (nSPS) is 15.1. The largest absolute Gasteiger partial charge is 0.465 e. The first-order valence-electron chi connectivity index (χ1n) is 10.6. The standard InChI is InChI=1S/C24H31N3O3/c1-19(2)21-7-5-20(6-8-21)18-26-13-15-27(16-14-26)24(29)11-12-25-23(28)10-9-22-4-3-17-30-22/h3-10,17,19H,11-16,18H2,1-2H3,(H,25,28)/b10-9+. The predicted octanol–water partition coefficient (Wildman–Crippen LogP) is 3.27. The average Bonchev–Trinajstić information content (AvgIpc) is 3.27. The Hall–Kier alpha value is -2.86. The lowest BCUT2D eigenvalue weighted by Crippen LogP contribution is -2.48. The highest BCUT2D eigenvalue weighted by Gasteiger charge is 2.20. The Bertz CT molecular complexity index is 833. The number of carbonyl (C=O) groups is 2. The van der Waals surface area contributed by atoms with E-state index >= 15 is 0 Å². The van der Waals surface area contributed by atoms with Crippen molar-refractivity contribution in [2.24, 2.45) is 0 Å². The molecule has 6 nitrogen and oxygen atoms in total. The van der Waals surface area contributed by atoms with Crippen LogP contribution in [0.15, 0.2) is 53.2 Å². The van der Waals surface area contributed by atoms with Crippen LogP contribution in [-0.2, 0) is 16.1 Å². The van der Waals surface area contributed by atoms with Crippen molar-refractivity contribution in [3.8, 4) is 0 Å². The van der Waals surface area contributed by atoms with Crippen molar-refractivity contribution in [2.75, 3.05) is 32.7 Å². The maximum Gasteiger partial charge on any atom is 0.244 e. The van der Waals surface area contributed by atoms with Gasteiger partial charge in [-0.15, -0.1) is 0 Å². The van der Waals surface area contributed by atoms with Gasteiger partial charge in [0.1, 0.15) is 5.76 Å². The number of hydrogen-bond donors (Lipinski definition) is 1. The van der Waals surface area contributed by atoms with E-state index in [4.69, 9.17) is 4.42 Å². The van der Waals surface area contributed by atoms with Crippen LogP contribution in [0.25, 0.3) is 6.08 Å². The third-order valence-corrected chi connectivity index (χ3v) is 5.36. The van der Waals surface area contributed by atoms with Crippen molar-refractivity contribution in [2.45, 2.75) is 32.7 Å². The zero-order chi connectivity index (χ0) is 21.3. The van der Waals surface area contributed by atoms with E-state index in [9.17, 15) is 9.59 Å². The summed E-state index contributed by atoms with van der Waals surface area (Å²) in [6, 6.07) is 12.4. The van der Waals surface area contributed by atoms with Gasteiger partial charge < -0.3 is 14.6 Å². The van der Waals surface area contributed by atoms with Crippen molar-refractivity contribution < 1.29 is 14.0 Å². The predicted molar refractivity (Wildman–Crippen MR) is 118 cm³/mol. The summed E-state index contributed by atoms with van der Waals surface area (Å²) in [5.74, 6) is 1.03. The van der Waals surface area contributed by atoms with E-state index in [0.717, 1.165) is 32.7 Å². The first-order valence-corrected chi connectivity index (χ1v) is 10.6. The molecule has 1 N–H and O–H groups in total. The molecule has 6 heteroatoms. The lowest BCUT2D eigenvalue weighted by atomic mass is 10.0. The number of hydrogen-bond acceptors (Lipinski definition) is 4. The van der Waals surface area contributed by atoms with E-state index in [1.54, 1.807) is 24.5 Å². The van der Waals surface area contributed by atoms with Gasteiger partial charge in [-0.2, -0.15) is 0 Å². The molecule has 1 aromatic heterocycles. The molecule has 0 spiro atoms. The fourth-order valence-electron chi connectivity index (χ4n) is 3.48. The van der Waals surface area contributed by atoms with Gasteiger partial charge in [-0.25, -0.2) is 0 Å². The molecule has 0 atom stereocenters. The molecular formula is C24H31N3O3. The van der Waals surface area contributed by atoms with Gasteiger partial charge in [0.15, 0.2) is 0 Å². The molecule has 2 aromatic rings. The Morgan fingerprint density at radius 1 is 1.10 bits per heavy atom. The molecule has 2 heterocycles. The smallest absolute Gasteiger partial charge is 0.244 e. The van der Waals surface area contributed by atoms with Crippen LogP contribution in [0.4, 0.5) is 0 Å². The number of amides is 2. The fraction of sp³-hybridized carbons (Fsp3) is 0.417. The number of nitrogens with one attached hydrogen (secondary N) is 1. The SMILES string of the molecule is CC(C)c1ccc(CN2CCN(C(=O)CCNC(=O)/C=C/c3ccco3)CC2)cc1. The number of rotatable bonds is 8.